The summed E-state index contributed by atoms with van der Waals surface area (Å²) in [5.41, 5.74) is 3.57. The summed E-state index contributed by atoms with van der Waals surface area (Å²) < 4.78 is 2.33. The van der Waals surface area contributed by atoms with Crippen molar-refractivity contribution in [2.75, 3.05) is 5.32 Å². The monoisotopic (exact) mass is 283 g/mol. The molecule has 0 aliphatic heterocycles. The molecule has 1 heterocycles. The van der Waals surface area contributed by atoms with E-state index in [-0.39, 0.29) is 0 Å². The third kappa shape index (κ3) is 3.12. The van der Waals surface area contributed by atoms with Crippen molar-refractivity contribution in [1.82, 2.24) is 9.55 Å². The Morgan fingerprint density at radius 3 is 2.43 bits per heavy atom. The molecular weight excluding hydrogens is 258 g/mol. The van der Waals surface area contributed by atoms with E-state index in [0.29, 0.717) is 12.0 Å². The zero-order chi connectivity index (χ0) is 14.8. The number of nitrogens with zero attached hydrogens (tertiary/aromatic N) is 2. The molecule has 0 saturated heterocycles. The van der Waals surface area contributed by atoms with E-state index in [1.165, 1.54) is 31.2 Å². The fraction of sp³-hybridized carbons (Fsp3) is 0.500. The van der Waals surface area contributed by atoms with Crippen molar-refractivity contribution >= 4 is 11.6 Å². The van der Waals surface area contributed by atoms with Gasteiger partial charge >= 0.3 is 0 Å². The van der Waals surface area contributed by atoms with Gasteiger partial charge < -0.3 is 9.88 Å². The van der Waals surface area contributed by atoms with Crippen LogP contribution >= 0.6 is 0 Å². The van der Waals surface area contributed by atoms with Crippen LogP contribution in [-0.4, -0.2) is 9.55 Å². The molecule has 0 atom stereocenters. The van der Waals surface area contributed by atoms with Crippen molar-refractivity contribution < 1.29 is 0 Å². The summed E-state index contributed by atoms with van der Waals surface area (Å²) >= 11 is 0. The van der Waals surface area contributed by atoms with Gasteiger partial charge in [0.05, 0.1) is 5.69 Å². The molecule has 21 heavy (non-hydrogen) atoms. The lowest BCUT2D eigenvalue weighted by atomic mass is 10.0. The van der Waals surface area contributed by atoms with Gasteiger partial charge in [-0.2, -0.15) is 0 Å². The molecule has 1 aromatic heterocycles. The SMILES string of the molecule is Cc1cn(C2CCCC2)c(Nc2ccc(C(C)C)cc2)n1. The van der Waals surface area contributed by atoms with Crippen LogP contribution in [-0.2, 0) is 0 Å². The minimum absolute atomic E-state index is 0.571. The number of nitrogens with one attached hydrogen (secondary N) is 1. The maximum atomic E-state index is 4.66. The van der Waals surface area contributed by atoms with Gasteiger partial charge in [0, 0.05) is 17.9 Å². The first kappa shape index (κ1) is 14.2. The predicted octanol–water partition coefficient (Wildman–Crippen LogP) is 5.17. The van der Waals surface area contributed by atoms with Crippen LogP contribution in [0, 0.1) is 6.92 Å². The van der Waals surface area contributed by atoms with Gasteiger partial charge in [-0.3, -0.25) is 0 Å². The van der Waals surface area contributed by atoms with E-state index < -0.39 is 0 Å². The highest BCUT2D eigenvalue weighted by molar-refractivity contribution is 5.54. The molecule has 1 fully saturated rings. The zero-order valence-electron chi connectivity index (χ0n) is 13.3. The molecule has 0 unspecified atom stereocenters. The van der Waals surface area contributed by atoms with Crippen LogP contribution in [0.25, 0.3) is 0 Å². The van der Waals surface area contributed by atoms with E-state index in [2.05, 4.69) is 66.1 Å². The molecule has 1 N–H and O–H groups in total. The van der Waals surface area contributed by atoms with Crippen molar-refractivity contribution in [1.29, 1.82) is 0 Å². The predicted molar refractivity (Wildman–Crippen MR) is 88.3 cm³/mol. The normalized spacial score (nSPS) is 15.8. The lowest BCUT2D eigenvalue weighted by Gasteiger charge is -2.16. The summed E-state index contributed by atoms with van der Waals surface area (Å²) in [7, 11) is 0. The fourth-order valence-corrected chi connectivity index (χ4v) is 3.15. The van der Waals surface area contributed by atoms with Crippen LogP contribution < -0.4 is 5.32 Å². The molecular formula is C18H25N3. The summed E-state index contributed by atoms with van der Waals surface area (Å²) in [6.45, 7) is 6.51. The Morgan fingerprint density at radius 1 is 1.14 bits per heavy atom. The Kier molecular flexibility index (Phi) is 4.00. The van der Waals surface area contributed by atoms with Crippen LogP contribution in [0.1, 0.15) is 62.7 Å². The number of rotatable bonds is 4. The number of aromatic nitrogens is 2. The average Bonchev–Trinajstić information content (AvgIpc) is 3.09. The molecule has 0 radical (unpaired) electrons. The second kappa shape index (κ2) is 5.92. The minimum Gasteiger partial charge on any atom is -0.326 e. The molecule has 112 valence electrons. The average molecular weight is 283 g/mol. The maximum Gasteiger partial charge on any atom is 0.207 e. The summed E-state index contributed by atoms with van der Waals surface area (Å²) in [6.07, 6.45) is 7.41. The van der Waals surface area contributed by atoms with E-state index in [9.17, 15) is 0 Å². The van der Waals surface area contributed by atoms with Crippen LogP contribution in [0.2, 0.25) is 0 Å². The Balaban J connectivity index is 1.80. The molecule has 1 saturated carbocycles. The molecule has 0 amide bonds. The van der Waals surface area contributed by atoms with Crippen LogP contribution in [0.3, 0.4) is 0 Å². The van der Waals surface area contributed by atoms with Gasteiger partial charge in [-0.05, 0) is 43.4 Å². The second-order valence-electron chi connectivity index (χ2n) is 6.45. The molecule has 1 aliphatic rings. The molecule has 3 nitrogen and oxygen atoms in total. The molecule has 1 aromatic carbocycles. The number of hydrogen-bond acceptors (Lipinski definition) is 2. The highest BCUT2D eigenvalue weighted by Crippen LogP contribution is 2.33. The summed E-state index contributed by atoms with van der Waals surface area (Å²) in [6, 6.07) is 9.31. The van der Waals surface area contributed by atoms with Gasteiger partial charge in [-0.25, -0.2) is 4.98 Å². The Morgan fingerprint density at radius 2 is 1.81 bits per heavy atom. The number of imidazole rings is 1. The van der Waals surface area contributed by atoms with Crippen molar-refractivity contribution in [3.05, 3.63) is 41.7 Å². The van der Waals surface area contributed by atoms with Crippen LogP contribution in [0.4, 0.5) is 11.6 Å². The Labute approximate surface area is 127 Å². The lowest BCUT2D eigenvalue weighted by molar-refractivity contribution is 0.524. The second-order valence-corrected chi connectivity index (χ2v) is 6.45. The molecule has 3 rings (SSSR count). The minimum atomic E-state index is 0.571. The Hall–Kier alpha value is -1.77. The van der Waals surface area contributed by atoms with E-state index in [1.54, 1.807) is 0 Å². The number of benzene rings is 1. The highest BCUT2D eigenvalue weighted by atomic mass is 15.2. The van der Waals surface area contributed by atoms with Crippen molar-refractivity contribution in [3.63, 3.8) is 0 Å². The number of hydrogen-bond donors (Lipinski definition) is 1. The van der Waals surface area contributed by atoms with Gasteiger partial charge in [0.2, 0.25) is 5.95 Å². The van der Waals surface area contributed by atoms with E-state index >= 15 is 0 Å². The number of aryl methyl sites for hydroxylation is 1. The smallest absolute Gasteiger partial charge is 0.207 e. The maximum absolute atomic E-state index is 4.66. The van der Waals surface area contributed by atoms with Gasteiger partial charge in [0.15, 0.2) is 0 Å². The third-order valence-corrected chi connectivity index (χ3v) is 4.40. The van der Waals surface area contributed by atoms with Crippen molar-refractivity contribution in [3.8, 4) is 0 Å². The van der Waals surface area contributed by atoms with Gasteiger partial charge in [-0.15, -0.1) is 0 Å². The van der Waals surface area contributed by atoms with E-state index in [4.69, 9.17) is 0 Å². The van der Waals surface area contributed by atoms with Gasteiger partial charge in [-0.1, -0.05) is 38.8 Å². The van der Waals surface area contributed by atoms with Crippen molar-refractivity contribution in [2.24, 2.45) is 0 Å². The molecule has 0 bridgehead atoms. The van der Waals surface area contributed by atoms with Crippen LogP contribution in [0.15, 0.2) is 30.5 Å². The summed E-state index contributed by atoms with van der Waals surface area (Å²) in [4.78, 5) is 4.66. The summed E-state index contributed by atoms with van der Waals surface area (Å²) in [5.74, 6) is 1.55. The third-order valence-electron chi connectivity index (χ3n) is 4.40. The molecule has 0 spiro atoms. The topological polar surface area (TPSA) is 29.9 Å². The first-order valence-corrected chi connectivity index (χ1v) is 8.06. The zero-order valence-corrected chi connectivity index (χ0v) is 13.3. The van der Waals surface area contributed by atoms with Crippen molar-refractivity contribution in [2.45, 2.75) is 58.4 Å². The fourth-order valence-electron chi connectivity index (χ4n) is 3.15. The summed E-state index contributed by atoms with van der Waals surface area (Å²) in [5, 5.41) is 3.49. The van der Waals surface area contributed by atoms with Gasteiger partial charge in [0.1, 0.15) is 0 Å². The standard InChI is InChI=1S/C18H25N3/c1-13(2)15-8-10-16(11-9-15)20-18-19-14(3)12-21(18)17-6-4-5-7-17/h8-13,17H,4-7H2,1-3H3,(H,19,20). The lowest BCUT2D eigenvalue weighted by Crippen LogP contribution is -2.07. The first-order valence-electron chi connectivity index (χ1n) is 8.06. The largest absolute Gasteiger partial charge is 0.326 e. The van der Waals surface area contributed by atoms with Gasteiger partial charge in [0.25, 0.3) is 0 Å². The molecule has 2 aromatic rings. The first-order chi connectivity index (χ1) is 10.1. The Bertz CT molecular complexity index is 589. The molecule has 3 heteroatoms. The quantitative estimate of drug-likeness (QED) is 0.838. The number of anilines is 2. The van der Waals surface area contributed by atoms with E-state index in [0.717, 1.165) is 17.3 Å². The highest BCUT2D eigenvalue weighted by Gasteiger charge is 2.20. The van der Waals surface area contributed by atoms with E-state index in [1.807, 2.05) is 0 Å². The van der Waals surface area contributed by atoms with Crippen LogP contribution in [0.5, 0.6) is 0 Å². The molecule has 1 aliphatic carbocycles.